The zero-order valence-electron chi connectivity index (χ0n) is 14.6. The van der Waals surface area contributed by atoms with Gasteiger partial charge in [-0.05, 0) is 37.3 Å². The Labute approximate surface area is 161 Å². The van der Waals surface area contributed by atoms with Crippen LogP contribution in [0, 0.1) is 0 Å². The van der Waals surface area contributed by atoms with Gasteiger partial charge in [0.15, 0.2) is 5.82 Å². The van der Waals surface area contributed by atoms with E-state index in [1.165, 1.54) is 24.6 Å². The largest absolute Gasteiger partial charge is 0.352 e. The number of thiophene rings is 1. The van der Waals surface area contributed by atoms with E-state index >= 15 is 0 Å². The van der Waals surface area contributed by atoms with E-state index in [0.29, 0.717) is 6.04 Å². The Morgan fingerprint density at radius 2 is 2.00 bits per heavy atom. The molecule has 0 aliphatic heterocycles. The van der Waals surface area contributed by atoms with Crippen LogP contribution in [0.5, 0.6) is 0 Å². The van der Waals surface area contributed by atoms with Crippen molar-refractivity contribution in [2.75, 3.05) is 0 Å². The SMILES string of the molecule is CC(Sc1nc(-c2cccs2)nc2ccccc12)C(=O)NC1CCCC1. The number of carbonyl (C=O) groups is 1. The summed E-state index contributed by atoms with van der Waals surface area (Å²) in [5, 5.41) is 6.89. The number of hydrogen-bond donors (Lipinski definition) is 1. The van der Waals surface area contributed by atoms with Crippen molar-refractivity contribution in [1.29, 1.82) is 0 Å². The molecule has 134 valence electrons. The van der Waals surface area contributed by atoms with E-state index in [2.05, 4.69) is 5.32 Å². The minimum atomic E-state index is -0.190. The van der Waals surface area contributed by atoms with Gasteiger partial charge in [-0.15, -0.1) is 11.3 Å². The molecule has 1 aromatic carbocycles. The van der Waals surface area contributed by atoms with Gasteiger partial charge >= 0.3 is 0 Å². The standard InChI is InChI=1S/C20H21N3OS2/c1-13(19(24)21-14-7-2-3-8-14)26-20-15-9-4-5-10-16(15)22-18(23-20)17-11-6-12-25-17/h4-6,9-14H,2-3,7-8H2,1H3,(H,21,24). The third-order valence-corrected chi connectivity index (χ3v) is 6.64. The number of benzene rings is 1. The second kappa shape index (κ2) is 7.76. The summed E-state index contributed by atoms with van der Waals surface area (Å²) in [4.78, 5) is 23.1. The summed E-state index contributed by atoms with van der Waals surface area (Å²) in [6.45, 7) is 1.96. The fraction of sp³-hybridized carbons (Fsp3) is 0.350. The Morgan fingerprint density at radius 3 is 2.77 bits per heavy atom. The molecule has 1 amide bonds. The molecule has 6 heteroatoms. The smallest absolute Gasteiger partial charge is 0.233 e. The Hall–Kier alpha value is -1.92. The molecule has 0 radical (unpaired) electrons. The van der Waals surface area contributed by atoms with Gasteiger partial charge in [-0.3, -0.25) is 4.79 Å². The van der Waals surface area contributed by atoms with Gasteiger partial charge < -0.3 is 5.32 Å². The summed E-state index contributed by atoms with van der Waals surface area (Å²) >= 11 is 3.14. The molecule has 1 aliphatic carbocycles. The lowest BCUT2D eigenvalue weighted by molar-refractivity contribution is -0.120. The van der Waals surface area contributed by atoms with Crippen LogP contribution in [0.25, 0.3) is 21.6 Å². The molecule has 26 heavy (non-hydrogen) atoms. The number of fused-ring (bicyclic) bond motifs is 1. The highest BCUT2D eigenvalue weighted by atomic mass is 32.2. The summed E-state index contributed by atoms with van der Waals surface area (Å²) in [6, 6.07) is 12.4. The number of amides is 1. The third kappa shape index (κ3) is 3.76. The van der Waals surface area contributed by atoms with Gasteiger partial charge in [-0.2, -0.15) is 0 Å². The number of para-hydroxylation sites is 1. The van der Waals surface area contributed by atoms with E-state index in [1.807, 2.05) is 48.7 Å². The van der Waals surface area contributed by atoms with E-state index in [0.717, 1.165) is 39.5 Å². The molecule has 1 atom stereocenters. The Kier molecular flexibility index (Phi) is 5.22. The Morgan fingerprint density at radius 1 is 1.19 bits per heavy atom. The molecule has 1 saturated carbocycles. The van der Waals surface area contributed by atoms with Crippen LogP contribution in [0.2, 0.25) is 0 Å². The van der Waals surface area contributed by atoms with E-state index in [4.69, 9.17) is 9.97 Å². The van der Waals surface area contributed by atoms with Crippen LogP contribution in [-0.4, -0.2) is 27.2 Å². The number of rotatable bonds is 5. The number of aromatic nitrogens is 2. The van der Waals surface area contributed by atoms with Crippen LogP contribution in [0.4, 0.5) is 0 Å². The van der Waals surface area contributed by atoms with Gasteiger partial charge in [0.2, 0.25) is 5.91 Å². The highest BCUT2D eigenvalue weighted by Crippen LogP contribution is 2.32. The molecule has 1 fully saturated rings. The predicted octanol–water partition coefficient (Wildman–Crippen LogP) is 4.90. The quantitative estimate of drug-likeness (QED) is 0.503. The van der Waals surface area contributed by atoms with E-state index in [9.17, 15) is 4.79 Å². The monoisotopic (exact) mass is 383 g/mol. The van der Waals surface area contributed by atoms with Crippen LogP contribution < -0.4 is 5.32 Å². The lowest BCUT2D eigenvalue weighted by atomic mass is 10.2. The molecule has 4 nitrogen and oxygen atoms in total. The van der Waals surface area contributed by atoms with Gasteiger partial charge in [-0.25, -0.2) is 9.97 Å². The lowest BCUT2D eigenvalue weighted by Gasteiger charge is -2.17. The summed E-state index contributed by atoms with van der Waals surface area (Å²) in [7, 11) is 0. The first-order chi connectivity index (χ1) is 12.7. The van der Waals surface area contributed by atoms with Crippen LogP contribution in [0.3, 0.4) is 0 Å². The topological polar surface area (TPSA) is 54.9 Å². The number of hydrogen-bond acceptors (Lipinski definition) is 5. The van der Waals surface area contributed by atoms with Crippen LogP contribution in [-0.2, 0) is 4.79 Å². The highest BCUT2D eigenvalue weighted by Gasteiger charge is 2.22. The van der Waals surface area contributed by atoms with E-state index < -0.39 is 0 Å². The molecule has 4 rings (SSSR count). The second-order valence-electron chi connectivity index (χ2n) is 6.60. The number of thioether (sulfide) groups is 1. The first-order valence-electron chi connectivity index (χ1n) is 8.98. The molecular formula is C20H21N3OS2. The average molecular weight is 384 g/mol. The minimum absolute atomic E-state index is 0.0993. The molecule has 1 N–H and O–H groups in total. The fourth-order valence-electron chi connectivity index (χ4n) is 3.26. The zero-order valence-corrected chi connectivity index (χ0v) is 16.3. The first-order valence-corrected chi connectivity index (χ1v) is 10.7. The molecule has 0 bridgehead atoms. The maximum atomic E-state index is 12.6. The van der Waals surface area contributed by atoms with E-state index in [1.54, 1.807) is 11.3 Å². The van der Waals surface area contributed by atoms with Crippen molar-refractivity contribution in [3.05, 3.63) is 41.8 Å². The fourth-order valence-corrected chi connectivity index (χ4v) is 4.87. The van der Waals surface area contributed by atoms with Crippen LogP contribution >= 0.6 is 23.1 Å². The maximum Gasteiger partial charge on any atom is 0.233 e. The average Bonchev–Trinajstić information content (AvgIpc) is 3.35. The molecule has 1 aliphatic rings. The lowest BCUT2D eigenvalue weighted by Crippen LogP contribution is -2.37. The molecule has 0 spiro atoms. The number of nitrogens with one attached hydrogen (secondary N) is 1. The van der Waals surface area contributed by atoms with Gasteiger partial charge in [0, 0.05) is 11.4 Å². The summed E-state index contributed by atoms with van der Waals surface area (Å²) in [5.41, 5.74) is 0.914. The maximum absolute atomic E-state index is 12.6. The molecule has 2 heterocycles. The Bertz CT molecular complexity index is 905. The van der Waals surface area contributed by atoms with Crippen molar-refractivity contribution in [2.45, 2.75) is 48.9 Å². The van der Waals surface area contributed by atoms with Crippen molar-refractivity contribution >= 4 is 39.9 Å². The molecular weight excluding hydrogens is 362 g/mol. The van der Waals surface area contributed by atoms with Crippen molar-refractivity contribution in [2.24, 2.45) is 0 Å². The van der Waals surface area contributed by atoms with Gasteiger partial charge in [0.25, 0.3) is 0 Å². The third-order valence-electron chi connectivity index (χ3n) is 4.67. The Balaban J connectivity index is 1.61. The van der Waals surface area contributed by atoms with Crippen LogP contribution in [0.1, 0.15) is 32.6 Å². The molecule has 2 aromatic heterocycles. The molecule has 0 saturated heterocycles. The first kappa shape index (κ1) is 17.5. The molecule has 3 aromatic rings. The molecule has 1 unspecified atom stereocenters. The van der Waals surface area contributed by atoms with E-state index in [-0.39, 0.29) is 11.2 Å². The van der Waals surface area contributed by atoms with Crippen LogP contribution in [0.15, 0.2) is 46.8 Å². The number of nitrogens with zero attached hydrogens (tertiary/aromatic N) is 2. The second-order valence-corrected chi connectivity index (χ2v) is 8.87. The summed E-state index contributed by atoms with van der Waals surface area (Å²) in [6.07, 6.45) is 4.63. The van der Waals surface area contributed by atoms with Gasteiger partial charge in [0.1, 0.15) is 5.03 Å². The zero-order chi connectivity index (χ0) is 17.9. The highest BCUT2D eigenvalue weighted by molar-refractivity contribution is 8.00. The number of carbonyl (C=O) groups excluding carboxylic acids is 1. The van der Waals surface area contributed by atoms with Crippen molar-refractivity contribution < 1.29 is 4.79 Å². The van der Waals surface area contributed by atoms with Crippen molar-refractivity contribution in [1.82, 2.24) is 15.3 Å². The van der Waals surface area contributed by atoms with Crippen molar-refractivity contribution in [3.63, 3.8) is 0 Å². The normalized spacial score (nSPS) is 16.0. The summed E-state index contributed by atoms with van der Waals surface area (Å²) in [5.74, 6) is 0.826. The summed E-state index contributed by atoms with van der Waals surface area (Å²) < 4.78 is 0. The predicted molar refractivity (Wildman–Crippen MR) is 109 cm³/mol. The minimum Gasteiger partial charge on any atom is -0.352 e. The van der Waals surface area contributed by atoms with Gasteiger partial charge in [-0.1, -0.05) is 48.9 Å². The van der Waals surface area contributed by atoms with Gasteiger partial charge in [0.05, 0.1) is 15.6 Å². The van der Waals surface area contributed by atoms with Crippen molar-refractivity contribution in [3.8, 4) is 10.7 Å².